The Morgan fingerprint density at radius 2 is 1.91 bits per heavy atom. The van der Waals surface area contributed by atoms with Crippen molar-refractivity contribution < 1.29 is 4.79 Å². The van der Waals surface area contributed by atoms with Crippen molar-refractivity contribution in [1.29, 1.82) is 0 Å². The fourth-order valence-corrected chi connectivity index (χ4v) is 4.13. The van der Waals surface area contributed by atoms with Crippen molar-refractivity contribution in [3.05, 3.63) is 47.3 Å². The first-order valence-electron chi connectivity index (χ1n) is 11.7. The zero-order valence-electron chi connectivity index (χ0n) is 19.5. The molecule has 2 aromatic rings. The molecule has 2 aliphatic rings. The van der Waals surface area contributed by atoms with Gasteiger partial charge in [0.2, 0.25) is 5.91 Å². The number of benzene rings is 1. The predicted molar refractivity (Wildman–Crippen MR) is 127 cm³/mol. The third kappa shape index (κ3) is 5.68. The van der Waals surface area contributed by atoms with Crippen LogP contribution in [0.2, 0.25) is 0 Å². The van der Waals surface area contributed by atoms with E-state index < -0.39 is 0 Å². The molecular formula is C24H35N7O. The number of guanidine groups is 1. The SMILES string of the molecule is CCNC(=NCc1ccccc1-n1nc(C)cc1C)N1CCN(CC(=O)NC2CC2)CC1. The molecule has 1 aliphatic carbocycles. The zero-order valence-corrected chi connectivity index (χ0v) is 19.5. The summed E-state index contributed by atoms with van der Waals surface area (Å²) in [6.45, 7) is 11.5. The van der Waals surface area contributed by atoms with Crippen LogP contribution < -0.4 is 10.6 Å². The van der Waals surface area contributed by atoms with Crippen LogP contribution in [0.3, 0.4) is 0 Å². The van der Waals surface area contributed by atoms with E-state index in [1.165, 1.54) is 0 Å². The summed E-state index contributed by atoms with van der Waals surface area (Å²) >= 11 is 0. The van der Waals surface area contributed by atoms with E-state index >= 15 is 0 Å². The summed E-state index contributed by atoms with van der Waals surface area (Å²) in [6, 6.07) is 10.8. The number of nitrogens with one attached hydrogen (secondary N) is 2. The van der Waals surface area contributed by atoms with Crippen molar-refractivity contribution >= 4 is 11.9 Å². The van der Waals surface area contributed by atoms with Crippen LogP contribution in [0.4, 0.5) is 0 Å². The molecule has 1 aromatic carbocycles. The van der Waals surface area contributed by atoms with Gasteiger partial charge in [-0.25, -0.2) is 9.67 Å². The van der Waals surface area contributed by atoms with Gasteiger partial charge >= 0.3 is 0 Å². The molecule has 2 fully saturated rings. The smallest absolute Gasteiger partial charge is 0.234 e. The Bertz CT molecular complexity index is 955. The number of piperazine rings is 1. The second kappa shape index (κ2) is 10.2. The lowest BCUT2D eigenvalue weighted by atomic mass is 10.2. The first-order valence-corrected chi connectivity index (χ1v) is 11.7. The van der Waals surface area contributed by atoms with E-state index in [4.69, 9.17) is 4.99 Å². The van der Waals surface area contributed by atoms with Crippen LogP contribution in [0.5, 0.6) is 0 Å². The van der Waals surface area contributed by atoms with Gasteiger partial charge in [0.05, 0.1) is 24.5 Å². The number of hydrogen-bond acceptors (Lipinski definition) is 4. The Kier molecular flexibility index (Phi) is 7.09. The normalized spacial score (nSPS) is 17.5. The Labute approximate surface area is 190 Å². The van der Waals surface area contributed by atoms with Crippen molar-refractivity contribution in [3.8, 4) is 5.69 Å². The highest BCUT2D eigenvalue weighted by Crippen LogP contribution is 2.19. The van der Waals surface area contributed by atoms with Gasteiger partial charge in [-0.1, -0.05) is 18.2 Å². The van der Waals surface area contributed by atoms with Crippen molar-refractivity contribution in [1.82, 2.24) is 30.2 Å². The van der Waals surface area contributed by atoms with E-state index in [0.717, 1.165) is 74.2 Å². The molecule has 2 heterocycles. The summed E-state index contributed by atoms with van der Waals surface area (Å²) in [6.07, 6.45) is 2.26. The highest BCUT2D eigenvalue weighted by Gasteiger charge is 2.26. The van der Waals surface area contributed by atoms with Gasteiger partial charge in [-0.2, -0.15) is 5.10 Å². The van der Waals surface area contributed by atoms with E-state index in [2.05, 4.69) is 63.6 Å². The second-order valence-corrected chi connectivity index (χ2v) is 8.74. The third-order valence-electron chi connectivity index (χ3n) is 5.94. The van der Waals surface area contributed by atoms with Crippen LogP contribution >= 0.6 is 0 Å². The number of rotatable bonds is 7. The quantitative estimate of drug-likeness (QED) is 0.511. The molecule has 0 unspecified atom stereocenters. The fourth-order valence-electron chi connectivity index (χ4n) is 4.13. The number of aliphatic imine (C=N–C) groups is 1. The summed E-state index contributed by atoms with van der Waals surface area (Å²) in [5.74, 6) is 1.08. The Hall–Kier alpha value is -2.87. The topological polar surface area (TPSA) is 77.8 Å². The lowest BCUT2D eigenvalue weighted by Gasteiger charge is -2.36. The van der Waals surface area contributed by atoms with E-state index in [1.807, 2.05) is 17.7 Å². The Balaban J connectivity index is 1.40. The molecule has 1 aliphatic heterocycles. The maximum atomic E-state index is 12.1. The molecule has 0 spiro atoms. The van der Waals surface area contributed by atoms with Crippen LogP contribution in [0.1, 0.15) is 36.7 Å². The predicted octanol–water partition coefficient (Wildman–Crippen LogP) is 1.85. The summed E-state index contributed by atoms with van der Waals surface area (Å²) < 4.78 is 2.00. The van der Waals surface area contributed by atoms with Gasteiger partial charge in [0.15, 0.2) is 5.96 Å². The highest BCUT2D eigenvalue weighted by atomic mass is 16.2. The summed E-state index contributed by atoms with van der Waals surface area (Å²) in [4.78, 5) is 21.6. The number of amides is 1. The van der Waals surface area contributed by atoms with Crippen molar-refractivity contribution in [3.63, 3.8) is 0 Å². The standard InChI is InChI=1S/C24H35N7O/c1-4-25-24(30-13-11-29(12-14-30)17-23(32)27-21-9-10-21)26-16-20-7-5-6-8-22(20)31-19(3)15-18(2)28-31/h5-8,15,21H,4,9-14,16-17H2,1-3H3,(H,25,26)(H,27,32). The molecule has 2 N–H and O–H groups in total. The molecule has 1 amide bonds. The molecule has 4 rings (SSSR count). The van der Waals surface area contributed by atoms with E-state index in [0.29, 0.717) is 19.1 Å². The minimum Gasteiger partial charge on any atom is -0.357 e. The average Bonchev–Trinajstić information content (AvgIpc) is 3.53. The molecular weight excluding hydrogens is 402 g/mol. The van der Waals surface area contributed by atoms with Gasteiger partial charge < -0.3 is 15.5 Å². The number of carbonyl (C=O) groups is 1. The van der Waals surface area contributed by atoms with Crippen LogP contribution in [0.15, 0.2) is 35.3 Å². The van der Waals surface area contributed by atoms with Crippen molar-refractivity contribution in [2.45, 2.75) is 46.2 Å². The van der Waals surface area contributed by atoms with Crippen LogP contribution in [-0.4, -0.2) is 76.8 Å². The number of para-hydroxylation sites is 1. The number of aryl methyl sites for hydroxylation is 2. The molecule has 0 bridgehead atoms. The fraction of sp³-hybridized carbons (Fsp3) is 0.542. The molecule has 8 nitrogen and oxygen atoms in total. The van der Waals surface area contributed by atoms with Gasteiger partial charge in [0.1, 0.15) is 0 Å². The first kappa shape index (κ1) is 22.3. The molecule has 0 atom stereocenters. The highest BCUT2D eigenvalue weighted by molar-refractivity contribution is 5.80. The number of hydrogen-bond donors (Lipinski definition) is 2. The van der Waals surface area contributed by atoms with E-state index in [-0.39, 0.29) is 5.91 Å². The summed E-state index contributed by atoms with van der Waals surface area (Å²) in [7, 11) is 0. The molecule has 1 aromatic heterocycles. The maximum absolute atomic E-state index is 12.1. The number of aromatic nitrogens is 2. The summed E-state index contributed by atoms with van der Waals surface area (Å²) in [5.41, 5.74) is 4.35. The Morgan fingerprint density at radius 3 is 2.56 bits per heavy atom. The number of carbonyl (C=O) groups excluding carboxylic acids is 1. The van der Waals surface area contributed by atoms with Gasteiger partial charge in [-0.05, 0) is 51.3 Å². The van der Waals surface area contributed by atoms with Crippen LogP contribution in [-0.2, 0) is 11.3 Å². The Morgan fingerprint density at radius 1 is 1.16 bits per heavy atom. The first-order chi connectivity index (χ1) is 15.5. The van der Waals surface area contributed by atoms with Crippen LogP contribution in [0.25, 0.3) is 5.69 Å². The monoisotopic (exact) mass is 437 g/mol. The minimum atomic E-state index is 0.155. The van der Waals surface area contributed by atoms with Crippen LogP contribution in [0, 0.1) is 13.8 Å². The lowest BCUT2D eigenvalue weighted by Crippen LogP contribution is -2.54. The second-order valence-electron chi connectivity index (χ2n) is 8.74. The molecule has 32 heavy (non-hydrogen) atoms. The molecule has 172 valence electrons. The molecule has 8 heteroatoms. The molecule has 1 saturated heterocycles. The maximum Gasteiger partial charge on any atom is 0.234 e. The summed E-state index contributed by atoms with van der Waals surface area (Å²) in [5, 5.41) is 11.2. The van der Waals surface area contributed by atoms with Crippen molar-refractivity contribution in [2.75, 3.05) is 39.3 Å². The molecule has 1 saturated carbocycles. The minimum absolute atomic E-state index is 0.155. The largest absolute Gasteiger partial charge is 0.357 e. The lowest BCUT2D eigenvalue weighted by molar-refractivity contribution is -0.122. The third-order valence-corrected chi connectivity index (χ3v) is 5.94. The molecule has 0 radical (unpaired) electrons. The van der Waals surface area contributed by atoms with Gasteiger partial charge in [-0.3, -0.25) is 9.69 Å². The van der Waals surface area contributed by atoms with Gasteiger partial charge in [0.25, 0.3) is 0 Å². The number of nitrogens with zero attached hydrogens (tertiary/aromatic N) is 5. The van der Waals surface area contributed by atoms with E-state index in [9.17, 15) is 4.79 Å². The average molecular weight is 438 g/mol. The van der Waals surface area contributed by atoms with Gasteiger partial charge in [-0.15, -0.1) is 0 Å². The van der Waals surface area contributed by atoms with E-state index in [1.54, 1.807) is 0 Å². The van der Waals surface area contributed by atoms with Gasteiger partial charge in [0, 0.05) is 44.5 Å². The zero-order chi connectivity index (χ0) is 22.5. The van der Waals surface area contributed by atoms with Crippen molar-refractivity contribution in [2.24, 2.45) is 4.99 Å².